The van der Waals surface area contributed by atoms with Crippen LogP contribution in [0.15, 0.2) is 55.1 Å². The zero-order valence-corrected chi connectivity index (χ0v) is 25.8. The molecule has 44 heavy (non-hydrogen) atoms. The molecular weight excluding hydrogens is 602 g/mol. The number of carbonyl (C=O) groups is 2. The average Bonchev–Trinajstić information content (AvgIpc) is 3.69. The highest BCUT2D eigenvalue weighted by atomic mass is 35.5. The number of thiophene rings is 1. The molecule has 0 saturated carbocycles. The van der Waals surface area contributed by atoms with Crippen LogP contribution >= 0.6 is 22.9 Å². The molecule has 1 aliphatic rings. The number of aromatic carboxylic acids is 1. The highest BCUT2D eigenvalue weighted by Gasteiger charge is 2.31. The van der Waals surface area contributed by atoms with Gasteiger partial charge in [-0.25, -0.2) is 14.8 Å². The fourth-order valence-corrected chi connectivity index (χ4v) is 7.12. The average molecular weight is 632 g/mol. The number of halogens is 1. The molecule has 0 bridgehead atoms. The van der Waals surface area contributed by atoms with Gasteiger partial charge >= 0.3 is 5.97 Å². The van der Waals surface area contributed by atoms with E-state index >= 15 is 0 Å². The number of hydrogen-bond donors (Lipinski definition) is 1. The molecule has 2 aromatic carbocycles. The van der Waals surface area contributed by atoms with Gasteiger partial charge in [-0.05, 0) is 73.2 Å². The number of methoxy groups -OCH3 is 2. The van der Waals surface area contributed by atoms with E-state index in [0.717, 1.165) is 33.5 Å². The molecule has 5 aromatic rings. The number of aromatic nitrogens is 4. The molecule has 1 N–H and O–H groups in total. The van der Waals surface area contributed by atoms with Crippen LogP contribution in [0.3, 0.4) is 0 Å². The second-order valence-corrected chi connectivity index (χ2v) is 12.0. The van der Waals surface area contributed by atoms with Gasteiger partial charge in [-0.15, -0.1) is 11.3 Å². The number of nitrogens with zero attached hydrogens (tertiary/aromatic N) is 5. The first-order valence-corrected chi connectivity index (χ1v) is 15.4. The molecule has 6 rings (SSSR count). The monoisotopic (exact) mass is 631 g/mol. The Balaban J connectivity index is 1.44. The van der Waals surface area contributed by atoms with Gasteiger partial charge in [0.1, 0.15) is 17.5 Å². The standard InChI is InChI=1S/C32H30ClN5O5S/c1-42-24-11-8-20(15-25(24)43-2)27-28-22-12-14-37(31(39)19-6-9-21(33)10-7-19)16-26(22)44-30(28)36-23(29(27)32(40)41)5-3-4-13-38-18-34-17-35-38/h6-11,15,17-18H,3-5,12-14,16H2,1-2H3,(H,40,41). The predicted octanol–water partition coefficient (Wildman–Crippen LogP) is 6.15. The van der Waals surface area contributed by atoms with Crippen LogP contribution in [0.25, 0.3) is 21.3 Å². The van der Waals surface area contributed by atoms with Crippen molar-refractivity contribution >= 4 is 45.0 Å². The zero-order chi connectivity index (χ0) is 30.8. The molecule has 0 fully saturated rings. The highest BCUT2D eigenvalue weighted by Crippen LogP contribution is 2.44. The molecule has 0 radical (unpaired) electrons. The molecule has 0 spiro atoms. The Hall–Kier alpha value is -4.48. The van der Waals surface area contributed by atoms with Gasteiger partial charge in [0.25, 0.3) is 5.91 Å². The number of fused-ring (bicyclic) bond motifs is 3. The van der Waals surface area contributed by atoms with E-state index in [4.69, 9.17) is 26.1 Å². The van der Waals surface area contributed by atoms with Crippen LogP contribution in [-0.2, 0) is 25.9 Å². The summed E-state index contributed by atoms with van der Waals surface area (Å²) in [7, 11) is 3.12. The molecule has 0 saturated heterocycles. The maximum Gasteiger partial charge on any atom is 0.338 e. The highest BCUT2D eigenvalue weighted by molar-refractivity contribution is 7.19. The van der Waals surface area contributed by atoms with E-state index in [1.165, 1.54) is 17.7 Å². The minimum Gasteiger partial charge on any atom is -0.493 e. The first-order chi connectivity index (χ1) is 21.4. The number of benzene rings is 2. The van der Waals surface area contributed by atoms with E-state index in [9.17, 15) is 14.7 Å². The minimum absolute atomic E-state index is 0.0721. The Kier molecular flexibility index (Phi) is 8.49. The van der Waals surface area contributed by atoms with E-state index in [1.807, 2.05) is 17.0 Å². The summed E-state index contributed by atoms with van der Waals surface area (Å²) >= 11 is 7.55. The van der Waals surface area contributed by atoms with Crippen molar-refractivity contribution in [3.05, 3.63) is 87.4 Å². The minimum atomic E-state index is -1.04. The van der Waals surface area contributed by atoms with Crippen LogP contribution in [0.2, 0.25) is 5.02 Å². The van der Waals surface area contributed by atoms with Gasteiger partial charge in [0.15, 0.2) is 11.5 Å². The van der Waals surface area contributed by atoms with Crippen LogP contribution < -0.4 is 9.47 Å². The number of ether oxygens (including phenoxy) is 2. The van der Waals surface area contributed by atoms with E-state index in [0.29, 0.717) is 71.4 Å². The third kappa shape index (κ3) is 5.72. The summed E-state index contributed by atoms with van der Waals surface area (Å²) in [6.45, 7) is 1.59. The van der Waals surface area contributed by atoms with Crippen LogP contribution in [0.4, 0.5) is 0 Å². The number of pyridine rings is 1. The number of hydrogen-bond acceptors (Lipinski definition) is 8. The van der Waals surface area contributed by atoms with Gasteiger partial charge < -0.3 is 19.5 Å². The van der Waals surface area contributed by atoms with E-state index < -0.39 is 5.97 Å². The summed E-state index contributed by atoms with van der Waals surface area (Å²) in [5.41, 5.74) is 3.64. The Morgan fingerprint density at radius 1 is 1.07 bits per heavy atom. The second kappa shape index (κ2) is 12.6. The lowest BCUT2D eigenvalue weighted by Gasteiger charge is -2.27. The van der Waals surface area contributed by atoms with E-state index in [2.05, 4.69) is 10.1 Å². The van der Waals surface area contributed by atoms with Crippen molar-refractivity contribution in [2.24, 2.45) is 0 Å². The van der Waals surface area contributed by atoms with Crippen molar-refractivity contribution in [1.29, 1.82) is 0 Å². The molecule has 0 aliphatic carbocycles. The van der Waals surface area contributed by atoms with Crippen molar-refractivity contribution < 1.29 is 24.2 Å². The smallest absolute Gasteiger partial charge is 0.338 e. The van der Waals surface area contributed by atoms with Crippen molar-refractivity contribution in [3.63, 3.8) is 0 Å². The molecular formula is C32H30ClN5O5S. The Bertz CT molecular complexity index is 1840. The third-order valence-electron chi connectivity index (χ3n) is 7.85. The lowest BCUT2D eigenvalue weighted by Crippen LogP contribution is -2.35. The fraction of sp³-hybridized carbons (Fsp3) is 0.281. The first-order valence-electron chi connectivity index (χ1n) is 14.2. The van der Waals surface area contributed by atoms with E-state index in [1.54, 1.807) is 55.6 Å². The number of carbonyl (C=O) groups excluding carboxylic acids is 1. The predicted molar refractivity (Wildman–Crippen MR) is 168 cm³/mol. The summed E-state index contributed by atoms with van der Waals surface area (Å²) in [6, 6.07) is 12.4. The number of unbranched alkanes of at least 4 members (excludes halogenated alkanes) is 1. The molecule has 226 valence electrons. The number of carboxylic acid groups (broad SMARTS) is 1. The molecule has 1 amide bonds. The quantitative estimate of drug-likeness (QED) is 0.182. The Labute approximate surface area is 262 Å². The number of aryl methyl sites for hydroxylation is 2. The maximum atomic E-state index is 13.3. The molecule has 3 aromatic heterocycles. The summed E-state index contributed by atoms with van der Waals surface area (Å²) in [5.74, 6) is -0.0529. The molecule has 12 heteroatoms. The van der Waals surface area contributed by atoms with Crippen LogP contribution in [0.5, 0.6) is 11.5 Å². The van der Waals surface area contributed by atoms with Crippen LogP contribution in [0.1, 0.15) is 49.7 Å². The summed E-state index contributed by atoms with van der Waals surface area (Å²) in [6.07, 6.45) is 5.73. The summed E-state index contributed by atoms with van der Waals surface area (Å²) < 4.78 is 12.8. The van der Waals surface area contributed by atoms with Gasteiger partial charge in [-0.2, -0.15) is 5.10 Å². The van der Waals surface area contributed by atoms with Crippen molar-refractivity contribution in [2.75, 3.05) is 20.8 Å². The molecule has 0 atom stereocenters. The second-order valence-electron chi connectivity index (χ2n) is 10.5. The van der Waals surface area contributed by atoms with Gasteiger partial charge in [-0.3, -0.25) is 9.48 Å². The Morgan fingerprint density at radius 2 is 1.86 bits per heavy atom. The van der Waals surface area contributed by atoms with Gasteiger partial charge in [0, 0.05) is 39.5 Å². The van der Waals surface area contributed by atoms with Crippen molar-refractivity contribution in [3.8, 4) is 22.6 Å². The lowest BCUT2D eigenvalue weighted by atomic mass is 9.90. The van der Waals surface area contributed by atoms with Gasteiger partial charge in [0.2, 0.25) is 0 Å². The topological polar surface area (TPSA) is 120 Å². The number of carboxylic acids is 1. The maximum absolute atomic E-state index is 13.3. The fourth-order valence-electron chi connectivity index (χ4n) is 5.73. The molecule has 4 heterocycles. The molecule has 10 nitrogen and oxygen atoms in total. The van der Waals surface area contributed by atoms with Gasteiger partial charge in [-0.1, -0.05) is 17.7 Å². The third-order valence-corrected chi connectivity index (χ3v) is 9.21. The van der Waals surface area contributed by atoms with Crippen molar-refractivity contribution in [1.82, 2.24) is 24.6 Å². The zero-order valence-electron chi connectivity index (χ0n) is 24.2. The van der Waals surface area contributed by atoms with Crippen molar-refractivity contribution in [2.45, 2.75) is 38.8 Å². The number of rotatable bonds is 10. The SMILES string of the molecule is COc1ccc(-c2c(C(=O)O)c(CCCCn3cncn3)nc3sc4c(c23)CCN(C(=O)c2ccc(Cl)cc2)C4)cc1OC. The van der Waals surface area contributed by atoms with Gasteiger partial charge in [0.05, 0.1) is 32.0 Å². The first kappa shape index (κ1) is 29.6. The molecule has 1 aliphatic heterocycles. The van der Waals surface area contributed by atoms with Crippen LogP contribution in [0, 0.1) is 0 Å². The van der Waals surface area contributed by atoms with Crippen LogP contribution in [-0.4, -0.2) is 62.4 Å². The number of amides is 1. The van der Waals surface area contributed by atoms with E-state index in [-0.39, 0.29) is 11.5 Å². The summed E-state index contributed by atoms with van der Waals surface area (Å²) in [4.78, 5) is 38.9. The Morgan fingerprint density at radius 3 is 2.57 bits per heavy atom. The lowest BCUT2D eigenvalue weighted by molar-refractivity contribution is 0.0694. The largest absolute Gasteiger partial charge is 0.493 e. The normalized spacial score (nSPS) is 12.8. The molecule has 0 unspecified atom stereocenters. The summed E-state index contributed by atoms with van der Waals surface area (Å²) in [5, 5.41) is 16.2.